The van der Waals surface area contributed by atoms with Crippen LogP contribution < -0.4 is 9.64 Å². The molecule has 1 aliphatic heterocycles. The molecular formula is C25H17N3O2S. The van der Waals surface area contributed by atoms with E-state index in [4.69, 9.17) is 9.72 Å². The minimum absolute atomic E-state index is 0.0179. The first-order valence-electron chi connectivity index (χ1n) is 9.79. The number of anilines is 1. The van der Waals surface area contributed by atoms with Crippen molar-refractivity contribution in [3.05, 3.63) is 89.3 Å². The number of nitrogens with zero attached hydrogens (tertiary/aromatic N) is 3. The summed E-state index contributed by atoms with van der Waals surface area (Å²) in [5, 5.41) is 12.4. The fraction of sp³-hybridized carbons (Fsp3) is 0.0800. The van der Waals surface area contributed by atoms with E-state index in [1.165, 1.54) is 0 Å². The van der Waals surface area contributed by atoms with Crippen LogP contribution in [0.25, 0.3) is 21.8 Å². The van der Waals surface area contributed by atoms with Gasteiger partial charge in [0, 0.05) is 16.5 Å². The number of ether oxygens (including phenoxy) is 1. The van der Waals surface area contributed by atoms with Crippen LogP contribution >= 0.6 is 11.3 Å². The molecule has 1 aliphatic rings. The van der Waals surface area contributed by atoms with Crippen LogP contribution in [0.1, 0.15) is 11.1 Å². The van der Waals surface area contributed by atoms with Gasteiger partial charge in [-0.15, -0.1) is 11.3 Å². The van der Waals surface area contributed by atoms with Gasteiger partial charge in [-0.1, -0.05) is 48.5 Å². The molecule has 0 unspecified atom stereocenters. The zero-order chi connectivity index (χ0) is 21.2. The third-order valence-corrected chi connectivity index (χ3v) is 6.08. The Kier molecular flexibility index (Phi) is 4.95. The van der Waals surface area contributed by atoms with Crippen molar-refractivity contribution in [1.82, 2.24) is 4.98 Å². The smallest absolute Gasteiger partial charge is 0.265 e. The Morgan fingerprint density at radius 2 is 1.84 bits per heavy atom. The van der Waals surface area contributed by atoms with E-state index in [0.717, 1.165) is 27.4 Å². The van der Waals surface area contributed by atoms with Gasteiger partial charge in [-0.25, -0.2) is 4.98 Å². The van der Waals surface area contributed by atoms with Crippen LogP contribution in [0.5, 0.6) is 5.75 Å². The number of nitriles is 1. The number of fused-ring (bicyclic) bond motifs is 1. The van der Waals surface area contributed by atoms with E-state index in [1.807, 2.05) is 72.1 Å². The van der Waals surface area contributed by atoms with Crippen molar-refractivity contribution in [2.75, 3.05) is 11.5 Å². The molecule has 1 aromatic heterocycles. The predicted octanol–water partition coefficient (Wildman–Crippen LogP) is 5.27. The average molecular weight is 423 g/mol. The third kappa shape index (κ3) is 3.67. The van der Waals surface area contributed by atoms with Gasteiger partial charge in [0.05, 0.1) is 29.6 Å². The SMILES string of the molecule is N#Cc1ccccc1CN1C(=O)COc2ccc(-c3csc(-c4ccccc4)n3)cc21. The summed E-state index contributed by atoms with van der Waals surface area (Å²) in [5.41, 5.74) is 4.89. The average Bonchev–Trinajstić information content (AvgIpc) is 3.32. The number of amides is 1. The molecule has 0 spiro atoms. The topological polar surface area (TPSA) is 66.2 Å². The molecule has 6 heteroatoms. The Balaban J connectivity index is 1.51. The number of hydrogen-bond donors (Lipinski definition) is 0. The number of carbonyl (C=O) groups is 1. The summed E-state index contributed by atoms with van der Waals surface area (Å²) in [6.07, 6.45) is 0. The van der Waals surface area contributed by atoms with Crippen LogP contribution in [-0.2, 0) is 11.3 Å². The second-order valence-corrected chi connectivity index (χ2v) is 7.98. The molecule has 4 aromatic rings. The summed E-state index contributed by atoms with van der Waals surface area (Å²) < 4.78 is 5.65. The Morgan fingerprint density at radius 3 is 2.68 bits per heavy atom. The highest BCUT2D eigenvalue weighted by Crippen LogP contribution is 2.38. The van der Waals surface area contributed by atoms with Crippen LogP contribution in [0.2, 0.25) is 0 Å². The molecule has 0 N–H and O–H groups in total. The maximum atomic E-state index is 12.7. The quantitative estimate of drug-likeness (QED) is 0.448. The van der Waals surface area contributed by atoms with Crippen molar-refractivity contribution < 1.29 is 9.53 Å². The zero-order valence-corrected chi connectivity index (χ0v) is 17.3. The number of aromatic nitrogens is 1. The van der Waals surface area contributed by atoms with Crippen LogP contribution in [0, 0.1) is 11.3 Å². The lowest BCUT2D eigenvalue weighted by Gasteiger charge is -2.30. The Morgan fingerprint density at radius 1 is 1.03 bits per heavy atom. The van der Waals surface area contributed by atoms with Crippen LogP contribution in [0.3, 0.4) is 0 Å². The number of hydrogen-bond acceptors (Lipinski definition) is 5. The van der Waals surface area contributed by atoms with E-state index in [9.17, 15) is 10.1 Å². The van der Waals surface area contributed by atoms with Gasteiger partial charge in [0.1, 0.15) is 10.8 Å². The highest BCUT2D eigenvalue weighted by molar-refractivity contribution is 7.13. The summed E-state index contributed by atoms with van der Waals surface area (Å²) in [6, 6.07) is 25.4. The molecule has 0 aliphatic carbocycles. The van der Waals surface area contributed by atoms with Crippen LogP contribution in [-0.4, -0.2) is 17.5 Å². The fourth-order valence-electron chi connectivity index (χ4n) is 3.59. The van der Waals surface area contributed by atoms with E-state index in [1.54, 1.807) is 22.3 Å². The third-order valence-electron chi connectivity index (χ3n) is 5.19. The molecular weight excluding hydrogens is 406 g/mol. The van der Waals surface area contributed by atoms with E-state index < -0.39 is 0 Å². The highest BCUT2D eigenvalue weighted by atomic mass is 32.1. The van der Waals surface area contributed by atoms with Crippen molar-refractivity contribution in [3.8, 4) is 33.6 Å². The summed E-state index contributed by atoms with van der Waals surface area (Å²) in [7, 11) is 0. The zero-order valence-electron chi connectivity index (χ0n) is 16.5. The van der Waals surface area contributed by atoms with Crippen LogP contribution in [0.15, 0.2) is 78.2 Å². The molecule has 0 saturated heterocycles. The molecule has 1 amide bonds. The predicted molar refractivity (Wildman–Crippen MR) is 121 cm³/mol. The number of benzene rings is 3. The molecule has 2 heterocycles. The van der Waals surface area contributed by atoms with Gasteiger partial charge < -0.3 is 9.64 Å². The number of carbonyl (C=O) groups excluding carboxylic acids is 1. The summed E-state index contributed by atoms with van der Waals surface area (Å²) >= 11 is 1.58. The molecule has 0 radical (unpaired) electrons. The molecule has 150 valence electrons. The van der Waals surface area contributed by atoms with E-state index in [2.05, 4.69) is 6.07 Å². The first-order chi connectivity index (χ1) is 15.2. The van der Waals surface area contributed by atoms with Gasteiger partial charge in [-0.3, -0.25) is 4.79 Å². The molecule has 3 aromatic carbocycles. The molecule has 5 rings (SSSR count). The maximum Gasteiger partial charge on any atom is 0.265 e. The second kappa shape index (κ2) is 8.05. The van der Waals surface area contributed by atoms with Crippen molar-refractivity contribution >= 4 is 22.9 Å². The van der Waals surface area contributed by atoms with Gasteiger partial charge in [0.2, 0.25) is 0 Å². The first-order valence-corrected chi connectivity index (χ1v) is 10.7. The summed E-state index contributed by atoms with van der Waals surface area (Å²) in [5.74, 6) is 0.511. The minimum Gasteiger partial charge on any atom is -0.482 e. The monoisotopic (exact) mass is 423 g/mol. The van der Waals surface area contributed by atoms with Gasteiger partial charge in [-0.05, 0) is 29.8 Å². The molecule has 5 nitrogen and oxygen atoms in total. The lowest BCUT2D eigenvalue weighted by molar-refractivity contribution is -0.121. The van der Waals surface area contributed by atoms with Crippen molar-refractivity contribution in [3.63, 3.8) is 0 Å². The Hall–Kier alpha value is -3.95. The van der Waals surface area contributed by atoms with Crippen molar-refractivity contribution in [1.29, 1.82) is 5.26 Å². The van der Waals surface area contributed by atoms with Gasteiger partial charge in [-0.2, -0.15) is 5.26 Å². The minimum atomic E-state index is -0.138. The molecule has 0 bridgehead atoms. The van der Waals surface area contributed by atoms with E-state index in [0.29, 0.717) is 23.5 Å². The van der Waals surface area contributed by atoms with Crippen molar-refractivity contribution in [2.24, 2.45) is 0 Å². The summed E-state index contributed by atoms with van der Waals surface area (Å²) in [6.45, 7) is 0.296. The Labute approximate surface area is 183 Å². The second-order valence-electron chi connectivity index (χ2n) is 7.12. The normalized spacial score (nSPS) is 12.7. The molecule has 0 saturated carbocycles. The molecule has 0 fully saturated rings. The Bertz CT molecular complexity index is 1310. The number of rotatable bonds is 4. The first kappa shape index (κ1) is 19.0. The molecule has 31 heavy (non-hydrogen) atoms. The van der Waals surface area contributed by atoms with Gasteiger partial charge >= 0.3 is 0 Å². The van der Waals surface area contributed by atoms with E-state index >= 15 is 0 Å². The molecule has 0 atom stereocenters. The lowest BCUT2D eigenvalue weighted by atomic mass is 10.1. The fourth-order valence-corrected chi connectivity index (χ4v) is 4.43. The highest BCUT2D eigenvalue weighted by Gasteiger charge is 2.27. The van der Waals surface area contributed by atoms with Crippen molar-refractivity contribution in [2.45, 2.75) is 6.54 Å². The lowest BCUT2D eigenvalue weighted by Crippen LogP contribution is -2.38. The van der Waals surface area contributed by atoms with Crippen LogP contribution in [0.4, 0.5) is 5.69 Å². The summed E-state index contributed by atoms with van der Waals surface area (Å²) in [4.78, 5) is 19.2. The van der Waals surface area contributed by atoms with Gasteiger partial charge in [0.15, 0.2) is 6.61 Å². The van der Waals surface area contributed by atoms with Gasteiger partial charge in [0.25, 0.3) is 5.91 Å². The van der Waals surface area contributed by atoms with E-state index in [-0.39, 0.29) is 12.5 Å². The standard InChI is InChI=1S/C25H17N3O2S/c26-13-19-8-4-5-9-20(19)14-28-22-12-18(10-11-23(22)30-15-24(28)29)21-16-31-25(27-21)17-6-2-1-3-7-17/h1-12,16H,14-15H2. The number of thiazole rings is 1. The maximum absolute atomic E-state index is 12.7. The largest absolute Gasteiger partial charge is 0.482 e.